The van der Waals surface area contributed by atoms with Crippen molar-refractivity contribution in [1.29, 1.82) is 5.26 Å². The van der Waals surface area contributed by atoms with Gasteiger partial charge in [-0.15, -0.1) is 13.2 Å². The standard InChI is InChI=1S/C14H25BN2O.C2H4/c1-6-13(17-7-2)14(3,18-5)10-8-9-11-15(4)12-16;1-2/h6-7H,8-11H2,1-5H3;1-2H2/b13-6-,17-7?;. The van der Waals surface area contributed by atoms with E-state index in [1.54, 1.807) is 13.3 Å². The van der Waals surface area contributed by atoms with Crippen LogP contribution in [0.15, 0.2) is 29.9 Å². The maximum atomic E-state index is 8.73. The number of nitriles is 1. The van der Waals surface area contributed by atoms with Crippen molar-refractivity contribution >= 4 is 12.9 Å². The molecule has 0 aromatic carbocycles. The number of unbranched alkanes of at least 4 members (excludes halogenated alkanes) is 1. The summed E-state index contributed by atoms with van der Waals surface area (Å²) >= 11 is 0. The summed E-state index contributed by atoms with van der Waals surface area (Å²) < 4.78 is 5.63. The summed E-state index contributed by atoms with van der Waals surface area (Å²) in [6.07, 6.45) is 7.79. The summed E-state index contributed by atoms with van der Waals surface area (Å²) in [5.74, 6) is 2.26. The van der Waals surface area contributed by atoms with E-state index in [2.05, 4.69) is 31.0 Å². The van der Waals surface area contributed by atoms with Gasteiger partial charge in [0.2, 0.25) is 0 Å². The molecular weight excluding hydrogens is 247 g/mol. The Bertz CT molecular complexity index is 347. The molecule has 0 amide bonds. The Balaban J connectivity index is 0. The molecule has 112 valence electrons. The molecule has 4 heteroatoms. The molecule has 0 saturated heterocycles. The zero-order valence-corrected chi connectivity index (χ0v) is 13.8. The van der Waals surface area contributed by atoms with Gasteiger partial charge in [0.15, 0.2) is 0 Å². The molecule has 20 heavy (non-hydrogen) atoms. The van der Waals surface area contributed by atoms with E-state index in [4.69, 9.17) is 10.00 Å². The van der Waals surface area contributed by atoms with Gasteiger partial charge in [-0.05, 0) is 27.2 Å². The van der Waals surface area contributed by atoms with Crippen molar-refractivity contribution in [3.05, 3.63) is 24.9 Å². The molecule has 3 nitrogen and oxygen atoms in total. The first-order valence-electron chi connectivity index (χ1n) is 7.14. The zero-order chi connectivity index (χ0) is 16.0. The molecule has 0 aliphatic rings. The Hall–Kier alpha value is -1.34. The molecule has 0 aliphatic heterocycles. The van der Waals surface area contributed by atoms with E-state index < -0.39 is 0 Å². The fourth-order valence-electron chi connectivity index (χ4n) is 1.97. The predicted molar refractivity (Wildman–Crippen MR) is 90.5 cm³/mol. The van der Waals surface area contributed by atoms with E-state index in [9.17, 15) is 0 Å². The molecule has 0 rings (SSSR count). The highest BCUT2D eigenvalue weighted by Gasteiger charge is 2.27. The van der Waals surface area contributed by atoms with Crippen molar-refractivity contribution in [2.75, 3.05) is 7.11 Å². The average molecular weight is 276 g/mol. The van der Waals surface area contributed by atoms with Crippen LogP contribution in [0.3, 0.4) is 0 Å². The largest absolute Gasteiger partial charge is 0.372 e. The predicted octanol–water partition coefficient (Wildman–Crippen LogP) is 4.55. The number of aliphatic imine (C=N–C) groups is 1. The Morgan fingerprint density at radius 2 is 2.00 bits per heavy atom. The van der Waals surface area contributed by atoms with Crippen LogP contribution in [-0.2, 0) is 4.74 Å². The first-order chi connectivity index (χ1) is 9.53. The summed E-state index contributed by atoms with van der Waals surface area (Å²) in [5.41, 5.74) is 0.651. The second-order valence-electron chi connectivity index (χ2n) is 4.77. The summed E-state index contributed by atoms with van der Waals surface area (Å²) in [4.78, 5) is 4.37. The van der Waals surface area contributed by atoms with E-state index in [0.29, 0.717) is 0 Å². The second kappa shape index (κ2) is 12.7. The van der Waals surface area contributed by atoms with Gasteiger partial charge in [0, 0.05) is 19.3 Å². The maximum absolute atomic E-state index is 8.73. The van der Waals surface area contributed by atoms with Crippen LogP contribution in [0.25, 0.3) is 0 Å². The van der Waals surface area contributed by atoms with Crippen molar-refractivity contribution < 1.29 is 4.74 Å². The van der Waals surface area contributed by atoms with Crippen molar-refractivity contribution in [3.8, 4) is 5.97 Å². The molecule has 1 unspecified atom stereocenters. The van der Waals surface area contributed by atoms with Gasteiger partial charge < -0.3 is 4.74 Å². The molecular formula is C16H29BN2O. The fraction of sp³-hybridized carbons (Fsp3) is 0.625. The highest BCUT2D eigenvalue weighted by atomic mass is 16.5. The fourth-order valence-corrected chi connectivity index (χ4v) is 1.97. The number of rotatable bonds is 8. The van der Waals surface area contributed by atoms with E-state index in [-0.39, 0.29) is 12.3 Å². The van der Waals surface area contributed by atoms with Gasteiger partial charge in [0.25, 0.3) is 6.71 Å². The van der Waals surface area contributed by atoms with Gasteiger partial charge >= 0.3 is 0 Å². The Labute approximate surface area is 125 Å². The third kappa shape index (κ3) is 7.96. The van der Waals surface area contributed by atoms with Crippen molar-refractivity contribution in [3.63, 3.8) is 0 Å². The molecule has 0 aromatic rings. The lowest BCUT2D eigenvalue weighted by Crippen LogP contribution is -2.29. The molecule has 0 fully saturated rings. The van der Waals surface area contributed by atoms with E-state index in [1.165, 1.54) is 0 Å². The molecule has 0 saturated carbocycles. The van der Waals surface area contributed by atoms with Crippen LogP contribution in [-0.4, -0.2) is 25.6 Å². The minimum Gasteiger partial charge on any atom is -0.372 e. The zero-order valence-electron chi connectivity index (χ0n) is 13.8. The first-order valence-corrected chi connectivity index (χ1v) is 7.14. The van der Waals surface area contributed by atoms with Gasteiger partial charge in [-0.3, -0.25) is 4.99 Å². The molecule has 0 aromatic heterocycles. The number of ether oxygens (including phenoxy) is 1. The molecule has 0 heterocycles. The lowest BCUT2D eigenvalue weighted by molar-refractivity contribution is 0.0281. The van der Waals surface area contributed by atoms with E-state index in [1.807, 2.05) is 26.7 Å². The van der Waals surface area contributed by atoms with Crippen molar-refractivity contribution in [2.45, 2.75) is 58.8 Å². The lowest BCUT2D eigenvalue weighted by Gasteiger charge is -2.28. The SMILES string of the molecule is C=C.CC=N/C(=C\C)C(C)(CCCCB(C)C#N)OC. The van der Waals surface area contributed by atoms with Crippen LogP contribution in [0, 0.1) is 11.2 Å². The minimum absolute atomic E-state index is 0.147. The van der Waals surface area contributed by atoms with Gasteiger partial charge in [0.05, 0.1) is 5.70 Å². The van der Waals surface area contributed by atoms with Crippen molar-refractivity contribution in [1.82, 2.24) is 0 Å². The number of allylic oxidation sites excluding steroid dienone is 1. The van der Waals surface area contributed by atoms with E-state index >= 15 is 0 Å². The van der Waals surface area contributed by atoms with E-state index in [0.717, 1.165) is 31.3 Å². The highest BCUT2D eigenvalue weighted by Crippen LogP contribution is 2.28. The molecule has 0 radical (unpaired) electrons. The van der Waals surface area contributed by atoms with Crippen LogP contribution in [0.5, 0.6) is 0 Å². The quantitative estimate of drug-likeness (QED) is 0.282. The van der Waals surface area contributed by atoms with Gasteiger partial charge in [-0.2, -0.15) is 0 Å². The second-order valence-corrected chi connectivity index (χ2v) is 4.77. The molecule has 0 aliphatic carbocycles. The Morgan fingerprint density at radius 3 is 2.40 bits per heavy atom. The Kier molecular flexibility index (Phi) is 13.3. The molecule has 1 atom stereocenters. The Morgan fingerprint density at radius 1 is 1.40 bits per heavy atom. The topological polar surface area (TPSA) is 45.4 Å². The summed E-state index contributed by atoms with van der Waals surface area (Å²) in [6, 6.07) is 0. The van der Waals surface area contributed by atoms with Gasteiger partial charge in [-0.1, -0.05) is 32.1 Å². The first kappa shape index (κ1) is 21.0. The maximum Gasteiger partial charge on any atom is 0.264 e. The van der Waals surface area contributed by atoms with Crippen LogP contribution in [0.2, 0.25) is 13.1 Å². The third-order valence-corrected chi connectivity index (χ3v) is 3.30. The molecule has 0 bridgehead atoms. The average Bonchev–Trinajstić information content (AvgIpc) is 2.50. The number of nitrogens with zero attached hydrogens (tertiary/aromatic N) is 2. The monoisotopic (exact) mass is 276 g/mol. The summed E-state index contributed by atoms with van der Waals surface area (Å²) in [6.45, 7) is 14.1. The minimum atomic E-state index is -0.322. The van der Waals surface area contributed by atoms with Crippen molar-refractivity contribution in [2.24, 2.45) is 4.99 Å². The van der Waals surface area contributed by atoms with Gasteiger partial charge in [-0.25, -0.2) is 5.26 Å². The number of hydrogen-bond acceptors (Lipinski definition) is 3. The van der Waals surface area contributed by atoms with Crippen LogP contribution in [0.4, 0.5) is 0 Å². The number of hydrogen-bond donors (Lipinski definition) is 0. The smallest absolute Gasteiger partial charge is 0.264 e. The summed E-state index contributed by atoms with van der Waals surface area (Å²) in [7, 11) is 1.73. The lowest BCUT2D eigenvalue weighted by atomic mass is 9.50. The van der Waals surface area contributed by atoms with Crippen LogP contribution in [0.1, 0.15) is 40.0 Å². The van der Waals surface area contributed by atoms with Crippen LogP contribution >= 0.6 is 0 Å². The normalized spacial score (nSPS) is 14.1. The molecule has 0 spiro atoms. The number of methoxy groups -OCH3 is 1. The summed E-state index contributed by atoms with van der Waals surface area (Å²) in [5, 5.41) is 8.73. The third-order valence-electron chi connectivity index (χ3n) is 3.30. The highest BCUT2D eigenvalue weighted by molar-refractivity contribution is 6.65. The van der Waals surface area contributed by atoms with Gasteiger partial charge in [0.1, 0.15) is 5.60 Å². The van der Waals surface area contributed by atoms with Crippen LogP contribution < -0.4 is 0 Å². The molecule has 0 N–H and O–H groups in total.